The average molecular weight is 412 g/mol. The van der Waals surface area contributed by atoms with Crippen LogP contribution < -0.4 is 10.0 Å². The summed E-state index contributed by atoms with van der Waals surface area (Å²) in [7, 11) is -3.66. The summed E-state index contributed by atoms with van der Waals surface area (Å²) >= 11 is 3.26. The summed E-state index contributed by atoms with van der Waals surface area (Å²) in [6.45, 7) is 3.55. The zero-order valence-electron chi connectivity index (χ0n) is 13.3. The van der Waals surface area contributed by atoms with Crippen LogP contribution in [0, 0.1) is 13.8 Å². The normalized spacial score (nSPS) is 11.3. The first kappa shape index (κ1) is 18.6. The number of anilines is 1. The first-order valence-corrected chi connectivity index (χ1v) is 9.55. The lowest BCUT2D eigenvalue weighted by molar-refractivity contribution is -0.116. The van der Waals surface area contributed by atoms with Gasteiger partial charge in [-0.25, -0.2) is 18.1 Å². The maximum Gasteiger partial charge on any atom is 0.240 e. The Labute approximate surface area is 149 Å². The van der Waals surface area contributed by atoms with E-state index in [1.807, 2.05) is 13.0 Å². The highest BCUT2D eigenvalue weighted by atomic mass is 79.9. The molecular formula is C16H18BrN3O3S. The Morgan fingerprint density at radius 2 is 1.96 bits per heavy atom. The number of aryl methyl sites for hydroxylation is 2. The summed E-state index contributed by atoms with van der Waals surface area (Å²) in [5.74, 6) is 0.146. The number of aromatic nitrogens is 1. The number of amides is 1. The number of carbonyl (C=O) groups is 1. The van der Waals surface area contributed by atoms with E-state index in [1.54, 1.807) is 31.2 Å². The molecule has 24 heavy (non-hydrogen) atoms. The Morgan fingerprint density at radius 1 is 1.21 bits per heavy atom. The van der Waals surface area contributed by atoms with Gasteiger partial charge in [-0.3, -0.25) is 4.79 Å². The van der Waals surface area contributed by atoms with Crippen molar-refractivity contribution >= 4 is 37.7 Å². The van der Waals surface area contributed by atoms with Crippen molar-refractivity contribution in [3.63, 3.8) is 0 Å². The highest BCUT2D eigenvalue weighted by Gasteiger charge is 2.17. The van der Waals surface area contributed by atoms with E-state index < -0.39 is 10.0 Å². The van der Waals surface area contributed by atoms with Gasteiger partial charge in [0.25, 0.3) is 0 Å². The van der Waals surface area contributed by atoms with Gasteiger partial charge in [0.15, 0.2) is 0 Å². The molecule has 6 nitrogen and oxygen atoms in total. The number of rotatable bonds is 6. The van der Waals surface area contributed by atoms with Crippen molar-refractivity contribution in [2.45, 2.75) is 25.2 Å². The van der Waals surface area contributed by atoms with Gasteiger partial charge < -0.3 is 5.32 Å². The summed E-state index contributed by atoms with van der Waals surface area (Å²) < 4.78 is 27.7. The van der Waals surface area contributed by atoms with E-state index in [2.05, 4.69) is 31.0 Å². The van der Waals surface area contributed by atoms with Gasteiger partial charge in [-0.2, -0.15) is 0 Å². The van der Waals surface area contributed by atoms with Gasteiger partial charge in [-0.1, -0.05) is 28.1 Å². The fourth-order valence-electron chi connectivity index (χ4n) is 2.06. The summed E-state index contributed by atoms with van der Waals surface area (Å²) in [4.78, 5) is 16.2. The Morgan fingerprint density at radius 3 is 2.67 bits per heavy atom. The van der Waals surface area contributed by atoms with Gasteiger partial charge in [-0.05, 0) is 43.7 Å². The van der Waals surface area contributed by atoms with Crippen LogP contribution in [0.5, 0.6) is 0 Å². The smallest absolute Gasteiger partial charge is 0.240 e. The largest absolute Gasteiger partial charge is 0.311 e. The monoisotopic (exact) mass is 411 g/mol. The van der Waals surface area contributed by atoms with Crippen molar-refractivity contribution in [3.05, 3.63) is 52.1 Å². The van der Waals surface area contributed by atoms with Crippen molar-refractivity contribution in [1.82, 2.24) is 9.71 Å². The van der Waals surface area contributed by atoms with E-state index in [9.17, 15) is 13.2 Å². The number of nitrogens with zero attached hydrogens (tertiary/aromatic N) is 1. The maximum atomic E-state index is 12.3. The van der Waals surface area contributed by atoms with Crippen LogP contribution in [0.4, 0.5) is 5.82 Å². The van der Waals surface area contributed by atoms with E-state index in [0.29, 0.717) is 15.9 Å². The van der Waals surface area contributed by atoms with Crippen LogP contribution in [0.2, 0.25) is 0 Å². The SMILES string of the molecule is Cc1cccc(NC(=O)CCNS(=O)(=O)c2cc(Br)ccc2C)n1. The quantitative estimate of drug-likeness (QED) is 0.764. The van der Waals surface area contributed by atoms with Gasteiger partial charge in [0.05, 0.1) is 4.90 Å². The lowest BCUT2D eigenvalue weighted by atomic mass is 10.2. The third-order valence-electron chi connectivity index (χ3n) is 3.24. The highest BCUT2D eigenvalue weighted by molar-refractivity contribution is 9.10. The molecule has 0 unspecified atom stereocenters. The minimum atomic E-state index is -3.66. The van der Waals surface area contributed by atoms with E-state index in [-0.39, 0.29) is 23.8 Å². The van der Waals surface area contributed by atoms with Crippen molar-refractivity contribution in [2.24, 2.45) is 0 Å². The van der Waals surface area contributed by atoms with Crippen molar-refractivity contribution < 1.29 is 13.2 Å². The third kappa shape index (κ3) is 5.12. The third-order valence-corrected chi connectivity index (χ3v) is 5.34. The molecule has 128 valence electrons. The van der Waals surface area contributed by atoms with Crippen LogP contribution in [-0.4, -0.2) is 25.9 Å². The second-order valence-electron chi connectivity index (χ2n) is 5.27. The first-order chi connectivity index (χ1) is 11.3. The fraction of sp³-hybridized carbons (Fsp3) is 0.250. The number of nitrogens with one attached hydrogen (secondary N) is 2. The second kappa shape index (κ2) is 7.87. The van der Waals surface area contributed by atoms with Crippen LogP contribution in [0.1, 0.15) is 17.7 Å². The van der Waals surface area contributed by atoms with Crippen molar-refractivity contribution in [2.75, 3.05) is 11.9 Å². The van der Waals surface area contributed by atoms with Crippen molar-refractivity contribution in [3.8, 4) is 0 Å². The zero-order valence-corrected chi connectivity index (χ0v) is 15.7. The summed E-state index contributed by atoms with van der Waals surface area (Å²) in [5.41, 5.74) is 1.43. The van der Waals surface area contributed by atoms with Crippen LogP contribution in [0.15, 0.2) is 45.8 Å². The number of sulfonamides is 1. The summed E-state index contributed by atoms with van der Waals surface area (Å²) in [6.07, 6.45) is 0.0158. The number of hydrogen-bond donors (Lipinski definition) is 2. The van der Waals surface area contributed by atoms with Gasteiger partial charge >= 0.3 is 0 Å². The molecule has 0 radical (unpaired) electrons. The molecular weight excluding hydrogens is 394 g/mol. The maximum absolute atomic E-state index is 12.3. The Hall–Kier alpha value is -1.77. The zero-order chi connectivity index (χ0) is 17.7. The molecule has 1 amide bonds. The number of benzene rings is 1. The summed E-state index contributed by atoms with van der Waals surface area (Å²) in [5, 5.41) is 2.64. The molecule has 2 rings (SSSR count). The lowest BCUT2D eigenvalue weighted by Crippen LogP contribution is -2.28. The average Bonchev–Trinajstić information content (AvgIpc) is 2.49. The van der Waals surface area contributed by atoms with Crippen LogP contribution in [0.25, 0.3) is 0 Å². The lowest BCUT2D eigenvalue weighted by Gasteiger charge is -2.10. The molecule has 1 heterocycles. The van der Waals surface area contributed by atoms with Gasteiger partial charge in [0.1, 0.15) is 5.82 Å². The molecule has 0 atom stereocenters. The predicted molar refractivity (Wildman–Crippen MR) is 96.3 cm³/mol. The van der Waals surface area contributed by atoms with Crippen LogP contribution >= 0.6 is 15.9 Å². The van der Waals surface area contributed by atoms with E-state index in [1.165, 1.54) is 6.07 Å². The number of halogens is 1. The molecule has 0 saturated heterocycles. The van der Waals surface area contributed by atoms with Gasteiger partial charge in [0, 0.05) is 23.1 Å². The van der Waals surface area contributed by atoms with Gasteiger partial charge in [-0.15, -0.1) is 0 Å². The number of carbonyl (C=O) groups excluding carboxylic acids is 1. The van der Waals surface area contributed by atoms with Crippen LogP contribution in [-0.2, 0) is 14.8 Å². The molecule has 8 heteroatoms. The van der Waals surface area contributed by atoms with E-state index >= 15 is 0 Å². The molecule has 2 aromatic rings. The standard InChI is InChI=1S/C16H18BrN3O3S/c1-11-6-7-13(17)10-14(11)24(22,23)18-9-8-16(21)20-15-5-3-4-12(2)19-15/h3-7,10,18H,8-9H2,1-2H3,(H,19,20,21). The number of pyridine rings is 1. The molecule has 0 aliphatic rings. The molecule has 0 spiro atoms. The molecule has 0 fully saturated rings. The van der Waals surface area contributed by atoms with Crippen LogP contribution in [0.3, 0.4) is 0 Å². The van der Waals surface area contributed by atoms with E-state index in [4.69, 9.17) is 0 Å². The van der Waals surface area contributed by atoms with Gasteiger partial charge in [0.2, 0.25) is 15.9 Å². The minimum Gasteiger partial charge on any atom is -0.311 e. The molecule has 2 N–H and O–H groups in total. The topological polar surface area (TPSA) is 88.2 Å². The Bertz CT molecular complexity index is 853. The molecule has 1 aromatic heterocycles. The van der Waals surface area contributed by atoms with Crippen molar-refractivity contribution in [1.29, 1.82) is 0 Å². The summed E-state index contributed by atoms with van der Waals surface area (Å²) in [6, 6.07) is 10.3. The second-order valence-corrected chi connectivity index (χ2v) is 7.92. The molecule has 1 aromatic carbocycles. The Kier molecular flexibility index (Phi) is 6.09. The molecule has 0 aliphatic carbocycles. The Balaban J connectivity index is 1.93. The molecule has 0 saturated carbocycles. The number of hydrogen-bond acceptors (Lipinski definition) is 4. The molecule has 0 aliphatic heterocycles. The predicted octanol–water partition coefficient (Wildman–Crippen LogP) is 2.77. The minimum absolute atomic E-state index is 0.00589. The molecule has 0 bridgehead atoms. The first-order valence-electron chi connectivity index (χ1n) is 7.27. The fourth-order valence-corrected chi connectivity index (χ4v) is 3.87. The van der Waals surface area contributed by atoms with E-state index in [0.717, 1.165) is 5.69 Å². The highest BCUT2D eigenvalue weighted by Crippen LogP contribution is 2.20.